The standard InChI is InChI=1S/C25H20N4O4S/c1-2-22-28-21(14-34-22)29-23(30)27-20(13-33-24(31)32)17-8-6-16(7-9-17)18-4-3-5-19(12-18)25(15-26)10-11-25/h1,3-9,12,14,20H,10-11,13H2,(H,31,32)(H2,27,29,30). The summed E-state index contributed by atoms with van der Waals surface area (Å²) in [4.78, 5) is 27.5. The first-order valence-corrected chi connectivity index (χ1v) is 11.3. The van der Waals surface area contributed by atoms with Gasteiger partial charge in [0.15, 0.2) is 5.01 Å². The molecule has 1 atom stereocenters. The predicted octanol–water partition coefficient (Wildman–Crippen LogP) is 4.90. The molecule has 0 aliphatic heterocycles. The number of nitriles is 1. The molecule has 1 heterocycles. The molecule has 4 rings (SSSR count). The second-order valence-electron chi connectivity index (χ2n) is 7.81. The molecular weight excluding hydrogens is 452 g/mol. The highest BCUT2D eigenvalue weighted by Gasteiger charge is 2.44. The molecule has 2 aromatic carbocycles. The molecule has 2 amide bonds. The van der Waals surface area contributed by atoms with Crippen molar-refractivity contribution in [3.63, 3.8) is 0 Å². The lowest BCUT2D eigenvalue weighted by molar-refractivity contribution is 0.0833. The van der Waals surface area contributed by atoms with E-state index in [1.165, 1.54) is 11.3 Å². The third kappa shape index (κ3) is 5.17. The summed E-state index contributed by atoms with van der Waals surface area (Å²) in [6.45, 7) is -0.269. The number of rotatable bonds is 7. The first-order valence-electron chi connectivity index (χ1n) is 10.4. The van der Waals surface area contributed by atoms with Gasteiger partial charge in [-0.25, -0.2) is 14.6 Å². The largest absolute Gasteiger partial charge is 0.505 e. The van der Waals surface area contributed by atoms with Crippen LogP contribution in [0.4, 0.5) is 15.4 Å². The van der Waals surface area contributed by atoms with Gasteiger partial charge in [-0.3, -0.25) is 5.32 Å². The maximum atomic E-state index is 12.5. The first kappa shape index (κ1) is 22.8. The van der Waals surface area contributed by atoms with E-state index in [0.717, 1.165) is 29.5 Å². The van der Waals surface area contributed by atoms with Crippen LogP contribution in [0.15, 0.2) is 53.9 Å². The number of carbonyl (C=O) groups is 2. The minimum Gasteiger partial charge on any atom is -0.450 e. The highest BCUT2D eigenvalue weighted by molar-refractivity contribution is 7.10. The molecule has 3 N–H and O–H groups in total. The average molecular weight is 473 g/mol. The fraction of sp³-hybridized carbons (Fsp3) is 0.200. The van der Waals surface area contributed by atoms with Gasteiger partial charge in [-0.2, -0.15) is 5.26 Å². The number of nitrogens with zero attached hydrogens (tertiary/aromatic N) is 2. The number of urea groups is 1. The summed E-state index contributed by atoms with van der Waals surface area (Å²) in [5, 5.41) is 25.7. The van der Waals surface area contributed by atoms with E-state index in [2.05, 4.69) is 27.6 Å². The summed E-state index contributed by atoms with van der Waals surface area (Å²) >= 11 is 1.22. The van der Waals surface area contributed by atoms with Crippen molar-refractivity contribution in [3.05, 3.63) is 70.0 Å². The number of hydrogen-bond acceptors (Lipinski definition) is 6. The number of nitrogens with one attached hydrogen (secondary N) is 2. The van der Waals surface area contributed by atoms with Crippen LogP contribution in [0.3, 0.4) is 0 Å². The molecular formula is C25H20N4O4S. The molecule has 0 spiro atoms. The number of terminal acetylenes is 1. The summed E-state index contributed by atoms with van der Waals surface area (Å²) in [5.74, 6) is 2.69. The van der Waals surface area contributed by atoms with E-state index in [1.807, 2.05) is 36.4 Å². The molecule has 8 nitrogen and oxygen atoms in total. The number of hydrogen-bond donors (Lipinski definition) is 3. The predicted molar refractivity (Wildman–Crippen MR) is 127 cm³/mol. The highest BCUT2D eigenvalue weighted by Crippen LogP contribution is 2.48. The fourth-order valence-corrected chi connectivity index (χ4v) is 4.13. The smallest absolute Gasteiger partial charge is 0.450 e. The van der Waals surface area contributed by atoms with Crippen molar-refractivity contribution >= 4 is 29.3 Å². The fourth-order valence-electron chi connectivity index (χ4n) is 3.58. The van der Waals surface area contributed by atoms with E-state index >= 15 is 0 Å². The van der Waals surface area contributed by atoms with Crippen molar-refractivity contribution < 1.29 is 19.4 Å². The van der Waals surface area contributed by atoms with Crippen LogP contribution >= 0.6 is 11.3 Å². The van der Waals surface area contributed by atoms with Gasteiger partial charge < -0.3 is 15.2 Å². The van der Waals surface area contributed by atoms with Gasteiger partial charge in [0.1, 0.15) is 12.4 Å². The molecule has 1 aliphatic carbocycles. The minimum absolute atomic E-state index is 0.269. The average Bonchev–Trinajstić information content (AvgIpc) is 3.53. The number of thiazole rings is 1. The molecule has 1 unspecified atom stereocenters. The number of carbonyl (C=O) groups excluding carboxylic acids is 1. The lowest BCUT2D eigenvalue weighted by Crippen LogP contribution is -2.35. The quantitative estimate of drug-likeness (QED) is 0.332. The van der Waals surface area contributed by atoms with Crippen LogP contribution in [0.5, 0.6) is 0 Å². The highest BCUT2D eigenvalue weighted by atomic mass is 32.1. The van der Waals surface area contributed by atoms with Crippen molar-refractivity contribution in [1.29, 1.82) is 5.26 Å². The Balaban J connectivity index is 1.50. The van der Waals surface area contributed by atoms with Crippen LogP contribution < -0.4 is 10.6 Å². The normalized spacial score (nSPS) is 14.2. The van der Waals surface area contributed by atoms with Crippen LogP contribution in [0, 0.1) is 23.7 Å². The molecule has 1 saturated carbocycles. The van der Waals surface area contributed by atoms with Gasteiger partial charge in [-0.1, -0.05) is 42.5 Å². The zero-order valence-corrected chi connectivity index (χ0v) is 18.8. The molecule has 34 heavy (non-hydrogen) atoms. The summed E-state index contributed by atoms with van der Waals surface area (Å²) < 4.78 is 4.72. The number of carboxylic acid groups (broad SMARTS) is 1. The third-order valence-corrected chi connectivity index (χ3v) is 6.35. The summed E-state index contributed by atoms with van der Waals surface area (Å²) in [7, 11) is 0. The Bertz CT molecular complexity index is 1300. The SMILES string of the molecule is C#Cc1nc(NC(=O)NC(COC(=O)O)c2ccc(-c3cccc(C4(C#N)CC4)c3)cc2)cs1. The third-order valence-electron chi connectivity index (χ3n) is 5.57. The van der Waals surface area contributed by atoms with Crippen LogP contribution in [0.1, 0.15) is 35.0 Å². The Morgan fingerprint density at radius 1 is 1.24 bits per heavy atom. The van der Waals surface area contributed by atoms with E-state index in [1.54, 1.807) is 17.5 Å². The summed E-state index contributed by atoms with van der Waals surface area (Å²) in [5.41, 5.74) is 3.21. The molecule has 9 heteroatoms. The molecule has 170 valence electrons. The van der Waals surface area contributed by atoms with Crippen molar-refractivity contribution in [2.24, 2.45) is 0 Å². The van der Waals surface area contributed by atoms with E-state index < -0.39 is 18.2 Å². The van der Waals surface area contributed by atoms with Gasteiger partial charge >= 0.3 is 12.2 Å². The van der Waals surface area contributed by atoms with Crippen LogP contribution in [-0.4, -0.2) is 28.9 Å². The number of anilines is 1. The van der Waals surface area contributed by atoms with Crippen LogP contribution in [0.2, 0.25) is 0 Å². The van der Waals surface area contributed by atoms with Crippen LogP contribution in [-0.2, 0) is 10.2 Å². The zero-order valence-electron chi connectivity index (χ0n) is 17.9. The van der Waals surface area contributed by atoms with Gasteiger partial charge in [0, 0.05) is 5.38 Å². The second kappa shape index (κ2) is 9.65. The number of aromatic nitrogens is 1. The van der Waals surface area contributed by atoms with E-state index in [9.17, 15) is 14.9 Å². The van der Waals surface area contributed by atoms with Gasteiger partial charge in [-0.15, -0.1) is 17.8 Å². The first-order chi connectivity index (χ1) is 16.4. The Morgan fingerprint density at radius 3 is 2.62 bits per heavy atom. The molecule has 0 radical (unpaired) electrons. The molecule has 1 aliphatic rings. The van der Waals surface area contributed by atoms with Gasteiger partial charge in [0.05, 0.1) is 17.5 Å². The number of ether oxygens (including phenoxy) is 1. The lowest BCUT2D eigenvalue weighted by Gasteiger charge is -2.19. The summed E-state index contributed by atoms with van der Waals surface area (Å²) in [6.07, 6.45) is 5.60. The Labute approximate surface area is 200 Å². The van der Waals surface area contributed by atoms with Crippen molar-refractivity contribution in [1.82, 2.24) is 10.3 Å². The van der Waals surface area contributed by atoms with E-state index in [4.69, 9.17) is 16.3 Å². The zero-order chi connectivity index (χ0) is 24.1. The number of amides is 2. The molecule has 0 saturated heterocycles. The minimum atomic E-state index is -1.44. The maximum absolute atomic E-state index is 12.5. The molecule has 3 aromatic rings. The molecule has 1 fully saturated rings. The number of benzene rings is 2. The van der Waals surface area contributed by atoms with Gasteiger partial charge in [0.2, 0.25) is 0 Å². The maximum Gasteiger partial charge on any atom is 0.505 e. The van der Waals surface area contributed by atoms with Crippen molar-refractivity contribution in [3.8, 4) is 29.5 Å². The summed E-state index contributed by atoms with van der Waals surface area (Å²) in [6, 6.07) is 16.4. The molecule has 0 bridgehead atoms. The van der Waals surface area contributed by atoms with Crippen LogP contribution in [0.25, 0.3) is 11.1 Å². The second-order valence-corrected chi connectivity index (χ2v) is 8.67. The Kier molecular flexibility index (Phi) is 6.48. The Hall–Kier alpha value is -4.34. The van der Waals surface area contributed by atoms with Gasteiger partial charge in [-0.05, 0) is 47.1 Å². The van der Waals surface area contributed by atoms with Crippen molar-refractivity contribution in [2.45, 2.75) is 24.3 Å². The van der Waals surface area contributed by atoms with Gasteiger partial charge in [0.25, 0.3) is 0 Å². The van der Waals surface area contributed by atoms with E-state index in [-0.39, 0.29) is 12.0 Å². The Morgan fingerprint density at radius 2 is 2.00 bits per heavy atom. The lowest BCUT2D eigenvalue weighted by atomic mass is 9.93. The molecule has 1 aromatic heterocycles. The van der Waals surface area contributed by atoms with Crippen molar-refractivity contribution in [2.75, 3.05) is 11.9 Å². The van der Waals surface area contributed by atoms with E-state index in [0.29, 0.717) is 16.4 Å². The topological polar surface area (TPSA) is 124 Å². The monoisotopic (exact) mass is 472 g/mol.